The number of nitrogens with two attached hydrogens (primary N) is 1. The second kappa shape index (κ2) is 8.53. The molecule has 2 aromatic carbocycles. The topological polar surface area (TPSA) is 36.8 Å². The van der Waals surface area contributed by atoms with Crippen LogP contribution in [0.4, 0.5) is 0 Å². The van der Waals surface area contributed by atoms with Crippen LogP contribution in [0.3, 0.4) is 0 Å². The van der Waals surface area contributed by atoms with Gasteiger partial charge in [0, 0.05) is 33.0 Å². The van der Waals surface area contributed by atoms with Crippen molar-refractivity contribution < 1.29 is 10.4 Å². The molecule has 0 unspecified atom stereocenters. The molecule has 0 spiro atoms. The normalized spacial score (nSPS) is 31.0. The molecule has 0 saturated carbocycles. The van der Waals surface area contributed by atoms with Crippen LogP contribution in [0.15, 0.2) is 48.5 Å². The van der Waals surface area contributed by atoms with Gasteiger partial charge in [-0.3, -0.25) is 0 Å². The zero-order valence-electron chi connectivity index (χ0n) is 16.3. The molecule has 1 saturated heterocycles. The van der Waals surface area contributed by atoms with Crippen molar-refractivity contribution in [2.75, 3.05) is 0 Å². The molecule has 146 valence electrons. The molecular formula is C23H30Cl2NO+. The molecule has 0 amide bonds. The van der Waals surface area contributed by atoms with E-state index in [1.807, 2.05) is 24.3 Å². The second-order valence-corrected chi connectivity index (χ2v) is 8.89. The van der Waals surface area contributed by atoms with Gasteiger partial charge in [-0.15, -0.1) is 0 Å². The van der Waals surface area contributed by atoms with Crippen molar-refractivity contribution in [3.63, 3.8) is 0 Å². The lowest BCUT2D eigenvalue weighted by molar-refractivity contribution is -0.764. The van der Waals surface area contributed by atoms with E-state index in [2.05, 4.69) is 50.4 Å². The van der Waals surface area contributed by atoms with E-state index in [-0.39, 0.29) is 23.9 Å². The van der Waals surface area contributed by atoms with Crippen molar-refractivity contribution in [2.24, 2.45) is 11.8 Å². The Bertz CT molecular complexity index is 686. The van der Waals surface area contributed by atoms with Crippen LogP contribution in [0.25, 0.3) is 0 Å². The van der Waals surface area contributed by atoms with Crippen LogP contribution < -0.4 is 5.32 Å². The van der Waals surface area contributed by atoms with Crippen molar-refractivity contribution in [1.29, 1.82) is 0 Å². The molecule has 3 rings (SSSR count). The summed E-state index contributed by atoms with van der Waals surface area (Å²) < 4.78 is 0. The third-order valence-corrected chi connectivity index (χ3v) is 7.01. The summed E-state index contributed by atoms with van der Waals surface area (Å²) in [7, 11) is 0. The highest BCUT2D eigenvalue weighted by Crippen LogP contribution is 2.45. The van der Waals surface area contributed by atoms with Gasteiger partial charge < -0.3 is 10.4 Å². The number of benzene rings is 2. The zero-order valence-corrected chi connectivity index (χ0v) is 17.8. The first kappa shape index (κ1) is 20.7. The van der Waals surface area contributed by atoms with Gasteiger partial charge in [-0.2, -0.15) is 0 Å². The van der Waals surface area contributed by atoms with Crippen molar-refractivity contribution in [3.8, 4) is 0 Å². The fraction of sp³-hybridized carbons (Fsp3) is 0.478. The molecule has 0 aliphatic carbocycles. The van der Waals surface area contributed by atoms with E-state index in [0.717, 1.165) is 29.3 Å². The Morgan fingerprint density at radius 1 is 0.852 bits per heavy atom. The minimum absolute atomic E-state index is 0.142. The molecule has 0 aromatic heterocycles. The number of halogens is 2. The molecule has 1 fully saturated rings. The maximum absolute atomic E-state index is 11.8. The Kier molecular flexibility index (Phi) is 6.53. The highest BCUT2D eigenvalue weighted by molar-refractivity contribution is 6.30. The predicted molar refractivity (Wildman–Crippen MR) is 113 cm³/mol. The van der Waals surface area contributed by atoms with Crippen LogP contribution in [0.2, 0.25) is 10.0 Å². The standard InChI is InChI=1S/C23H29Cl2NO/c1-4-5-14-23(27)15(2)21(17-6-10-19(24)11-7-17)26-22(16(23)3)18-8-12-20(25)13-9-18/h6-13,15-16,21-22,26-27H,4-5,14H2,1-3H3/p+1/t15-,16-,21-,22-/m0/s1. The Labute approximate surface area is 172 Å². The predicted octanol–water partition coefficient (Wildman–Crippen LogP) is 5.55. The summed E-state index contributed by atoms with van der Waals surface area (Å²) >= 11 is 12.2. The fourth-order valence-corrected chi connectivity index (χ4v) is 4.93. The summed E-state index contributed by atoms with van der Waals surface area (Å²) in [5, 5.41) is 15.7. The van der Waals surface area contributed by atoms with Gasteiger partial charge in [0.1, 0.15) is 12.1 Å². The van der Waals surface area contributed by atoms with Gasteiger partial charge in [0.2, 0.25) is 0 Å². The maximum Gasteiger partial charge on any atom is 0.117 e. The molecule has 3 N–H and O–H groups in total. The van der Waals surface area contributed by atoms with Gasteiger partial charge in [0.15, 0.2) is 0 Å². The molecule has 1 aliphatic rings. The van der Waals surface area contributed by atoms with E-state index in [9.17, 15) is 5.11 Å². The third kappa shape index (κ3) is 4.19. The highest BCUT2D eigenvalue weighted by atomic mass is 35.5. The average Bonchev–Trinajstić information content (AvgIpc) is 2.67. The van der Waals surface area contributed by atoms with Crippen LogP contribution in [0, 0.1) is 11.8 Å². The summed E-state index contributed by atoms with van der Waals surface area (Å²) in [6.07, 6.45) is 2.95. The van der Waals surface area contributed by atoms with E-state index in [4.69, 9.17) is 23.2 Å². The van der Waals surface area contributed by atoms with Crippen molar-refractivity contribution >= 4 is 23.2 Å². The molecule has 27 heavy (non-hydrogen) atoms. The number of hydrogen-bond donors (Lipinski definition) is 2. The van der Waals surface area contributed by atoms with Crippen molar-refractivity contribution in [3.05, 3.63) is 69.7 Å². The SMILES string of the molecule is CCCCC1(O)[C@@H](C)[C@@H](c2ccc(Cl)cc2)[NH2+][C@H](c2ccc(Cl)cc2)[C@@H]1C. The summed E-state index contributed by atoms with van der Waals surface area (Å²) in [5.41, 5.74) is 1.72. The first-order valence-corrected chi connectivity index (χ1v) is 10.7. The van der Waals surface area contributed by atoms with E-state index in [0.29, 0.717) is 0 Å². The lowest BCUT2D eigenvalue weighted by Gasteiger charge is -2.49. The molecule has 0 radical (unpaired) electrons. The van der Waals surface area contributed by atoms with Gasteiger partial charge in [-0.25, -0.2) is 0 Å². The molecule has 2 nitrogen and oxygen atoms in total. The lowest BCUT2D eigenvalue weighted by atomic mass is 9.64. The monoisotopic (exact) mass is 406 g/mol. The molecule has 1 heterocycles. The summed E-state index contributed by atoms with van der Waals surface area (Å²) in [5.74, 6) is 0.285. The first-order chi connectivity index (χ1) is 12.9. The average molecular weight is 407 g/mol. The third-order valence-electron chi connectivity index (χ3n) is 6.51. The van der Waals surface area contributed by atoms with Crippen molar-refractivity contribution in [1.82, 2.24) is 0 Å². The van der Waals surface area contributed by atoms with Crippen LogP contribution in [0.1, 0.15) is 63.2 Å². The van der Waals surface area contributed by atoms with Crippen molar-refractivity contribution in [2.45, 2.75) is 57.7 Å². The molecule has 4 heteroatoms. The van der Waals surface area contributed by atoms with Crippen LogP contribution in [-0.4, -0.2) is 10.7 Å². The van der Waals surface area contributed by atoms with Gasteiger partial charge in [0.05, 0.1) is 5.60 Å². The Morgan fingerprint density at radius 3 is 1.63 bits per heavy atom. The number of hydrogen-bond acceptors (Lipinski definition) is 1. The summed E-state index contributed by atoms with van der Waals surface area (Å²) in [4.78, 5) is 0. The Hall–Kier alpha value is -1.06. The summed E-state index contributed by atoms with van der Waals surface area (Å²) in [6.45, 7) is 6.57. The molecule has 2 aromatic rings. The minimum atomic E-state index is -0.709. The fourth-order valence-electron chi connectivity index (χ4n) is 4.68. The van der Waals surface area contributed by atoms with Gasteiger partial charge in [-0.05, 0) is 30.7 Å². The van der Waals surface area contributed by atoms with E-state index in [1.54, 1.807) is 0 Å². The number of unbranched alkanes of at least 4 members (excludes halogenated alkanes) is 1. The molecule has 0 bridgehead atoms. The number of quaternary nitrogens is 1. The van der Waals surface area contributed by atoms with Crippen LogP contribution in [0.5, 0.6) is 0 Å². The van der Waals surface area contributed by atoms with E-state index >= 15 is 0 Å². The number of rotatable bonds is 5. The molecule has 4 atom stereocenters. The highest BCUT2D eigenvalue weighted by Gasteiger charge is 2.53. The lowest BCUT2D eigenvalue weighted by Crippen LogP contribution is -2.93. The molecule has 1 aliphatic heterocycles. The van der Waals surface area contributed by atoms with Gasteiger partial charge in [0.25, 0.3) is 0 Å². The zero-order chi connectivity index (χ0) is 19.6. The smallest absolute Gasteiger partial charge is 0.117 e. The Morgan fingerprint density at radius 2 is 1.26 bits per heavy atom. The second-order valence-electron chi connectivity index (χ2n) is 8.02. The largest absolute Gasteiger partial charge is 0.389 e. The minimum Gasteiger partial charge on any atom is -0.389 e. The number of aliphatic hydroxyl groups is 1. The summed E-state index contributed by atoms with van der Waals surface area (Å²) in [6, 6.07) is 16.5. The number of piperidine rings is 1. The first-order valence-electron chi connectivity index (χ1n) is 9.95. The van der Waals surface area contributed by atoms with Gasteiger partial charge in [-0.1, -0.05) is 81.1 Å². The van der Waals surface area contributed by atoms with Gasteiger partial charge >= 0.3 is 0 Å². The van der Waals surface area contributed by atoms with Crippen LogP contribution >= 0.6 is 23.2 Å². The maximum atomic E-state index is 11.8. The Balaban J connectivity index is 2.01. The molecular weight excluding hydrogens is 377 g/mol. The van der Waals surface area contributed by atoms with E-state index in [1.165, 1.54) is 11.1 Å². The van der Waals surface area contributed by atoms with Crippen LogP contribution in [-0.2, 0) is 0 Å². The van der Waals surface area contributed by atoms with E-state index < -0.39 is 5.60 Å². The quantitative estimate of drug-likeness (QED) is 0.670.